The van der Waals surface area contributed by atoms with Crippen LogP contribution in [0.3, 0.4) is 0 Å². The van der Waals surface area contributed by atoms with Crippen molar-refractivity contribution in [1.82, 2.24) is 35.4 Å². The molecule has 42 heavy (non-hydrogen) atoms. The number of halogens is 3. The molecule has 0 spiro atoms. The molecule has 222 valence electrons. The van der Waals surface area contributed by atoms with E-state index in [1.54, 1.807) is 63.7 Å². The Kier molecular flexibility index (Phi) is 8.02. The van der Waals surface area contributed by atoms with E-state index < -0.39 is 24.3 Å². The Hall–Kier alpha value is -4.66. The minimum absolute atomic E-state index is 0.0974. The average molecular weight is 585 g/mol. The summed E-state index contributed by atoms with van der Waals surface area (Å²) >= 11 is 0. The number of fused-ring (bicyclic) bond motifs is 1. The first kappa shape index (κ1) is 28.9. The van der Waals surface area contributed by atoms with Gasteiger partial charge in [-0.1, -0.05) is 12.1 Å². The molecule has 0 bridgehead atoms. The highest BCUT2D eigenvalue weighted by molar-refractivity contribution is 6.08. The van der Waals surface area contributed by atoms with Crippen LogP contribution in [-0.4, -0.2) is 82.2 Å². The Bertz CT molecular complexity index is 1510. The summed E-state index contributed by atoms with van der Waals surface area (Å²) in [7, 11) is 0. The summed E-state index contributed by atoms with van der Waals surface area (Å²) in [6, 6.07) is 7.23. The number of carbonyl (C=O) groups excluding carboxylic acids is 2. The molecule has 4 amide bonds. The lowest BCUT2D eigenvalue weighted by molar-refractivity contribution is -0.122. The number of imidazole rings is 1. The molecule has 1 aromatic carbocycles. The largest absolute Gasteiger partial charge is 0.405 e. The van der Waals surface area contributed by atoms with Gasteiger partial charge < -0.3 is 37.3 Å². The first-order valence-electron chi connectivity index (χ1n) is 13.4. The number of amides is 4. The predicted octanol–water partition coefficient (Wildman–Crippen LogP) is 2.79. The Morgan fingerprint density at radius 1 is 1.17 bits per heavy atom. The molecular formula is C27H31F3N10O2. The highest BCUT2D eigenvalue weighted by Crippen LogP contribution is 2.28. The zero-order valence-corrected chi connectivity index (χ0v) is 22.5. The fraction of sp³-hybridized carbons (Fsp3) is 0.370. The van der Waals surface area contributed by atoms with Crippen molar-refractivity contribution >= 4 is 35.2 Å². The maximum atomic E-state index is 12.4. The Morgan fingerprint density at radius 2 is 1.95 bits per heavy atom. The number of hydrogen-bond acceptors (Lipinski definition) is 7. The molecule has 5 rings (SSSR count). The first-order chi connectivity index (χ1) is 20.1. The molecule has 1 aliphatic heterocycles. The number of likely N-dealkylation sites (tertiary alicyclic amines) is 1. The molecular weight excluding hydrogens is 553 g/mol. The summed E-state index contributed by atoms with van der Waals surface area (Å²) in [5.74, 6) is 0.595. The summed E-state index contributed by atoms with van der Waals surface area (Å²) in [5.41, 5.74) is 8.70. The zero-order chi connectivity index (χ0) is 29.9. The zero-order valence-electron chi connectivity index (χ0n) is 22.5. The number of allylic oxidation sites excluding steroid dienone is 1. The van der Waals surface area contributed by atoms with Gasteiger partial charge in [-0.2, -0.15) is 18.3 Å². The van der Waals surface area contributed by atoms with E-state index in [1.165, 1.54) is 6.21 Å². The van der Waals surface area contributed by atoms with Gasteiger partial charge in [0.05, 0.1) is 23.6 Å². The molecule has 0 unspecified atom stereocenters. The van der Waals surface area contributed by atoms with Crippen LogP contribution in [0.1, 0.15) is 18.4 Å². The van der Waals surface area contributed by atoms with Gasteiger partial charge in [0.25, 0.3) is 0 Å². The quantitative estimate of drug-likeness (QED) is 0.201. The second-order valence-corrected chi connectivity index (χ2v) is 10.5. The number of carbonyl (C=O) groups is 2. The minimum atomic E-state index is -4.51. The standard InChI is InChI=1S/C27H31F3N10O2/c28-27(29,30)14-35-24(41)38-21-3-1-2-18(6-21)22-12-33-23-7-19(11-37-40(22)23)20(8-31)10-36-26(13-32)15-39(16-26)25(42)34-9-17-4-5-17/h1-3,6-8,10-12,17,31,36H,4-5,9,13-16,32H2,(H,34,42)(H2,35,38,41)/b20-10+,31-8?. The van der Waals surface area contributed by atoms with Crippen molar-refractivity contribution in [3.05, 3.63) is 54.5 Å². The van der Waals surface area contributed by atoms with Crippen molar-refractivity contribution < 1.29 is 22.8 Å². The van der Waals surface area contributed by atoms with Crippen molar-refractivity contribution in [3.63, 3.8) is 0 Å². The van der Waals surface area contributed by atoms with E-state index in [-0.39, 0.29) is 6.03 Å². The maximum Gasteiger partial charge on any atom is 0.405 e. The molecule has 15 heteroatoms. The van der Waals surface area contributed by atoms with E-state index in [9.17, 15) is 22.8 Å². The van der Waals surface area contributed by atoms with E-state index in [1.807, 2.05) is 0 Å². The topological polar surface area (TPSA) is 166 Å². The van der Waals surface area contributed by atoms with Gasteiger partial charge in [-0.25, -0.2) is 19.1 Å². The van der Waals surface area contributed by atoms with E-state index >= 15 is 0 Å². The van der Waals surface area contributed by atoms with Crippen molar-refractivity contribution in [2.45, 2.75) is 24.6 Å². The Balaban J connectivity index is 1.25. The van der Waals surface area contributed by atoms with Crippen molar-refractivity contribution in [2.24, 2.45) is 11.7 Å². The summed E-state index contributed by atoms with van der Waals surface area (Å²) < 4.78 is 38.7. The number of nitrogens with zero attached hydrogens (tertiary/aromatic N) is 4. The monoisotopic (exact) mass is 584 g/mol. The predicted molar refractivity (Wildman–Crippen MR) is 151 cm³/mol. The van der Waals surface area contributed by atoms with Gasteiger partial charge in [0.15, 0.2) is 5.65 Å². The van der Waals surface area contributed by atoms with Crippen molar-refractivity contribution in [2.75, 3.05) is 38.0 Å². The van der Waals surface area contributed by atoms with Crippen LogP contribution in [-0.2, 0) is 0 Å². The third kappa shape index (κ3) is 6.79. The van der Waals surface area contributed by atoms with E-state index in [2.05, 4.69) is 26.0 Å². The summed E-state index contributed by atoms with van der Waals surface area (Å²) in [6.45, 7) is 0.454. The van der Waals surface area contributed by atoms with E-state index in [0.29, 0.717) is 65.8 Å². The van der Waals surface area contributed by atoms with Crippen LogP contribution in [0.15, 0.2) is 48.9 Å². The molecule has 1 aliphatic carbocycles. The molecule has 0 atom stereocenters. The number of anilines is 1. The van der Waals surface area contributed by atoms with Gasteiger partial charge in [0.1, 0.15) is 6.54 Å². The lowest BCUT2D eigenvalue weighted by Crippen LogP contribution is -2.73. The molecule has 2 aromatic heterocycles. The molecule has 0 radical (unpaired) electrons. The third-order valence-corrected chi connectivity index (χ3v) is 7.15. The number of rotatable bonds is 10. The molecule has 2 aliphatic rings. The minimum Gasteiger partial charge on any atom is -0.380 e. The smallest absolute Gasteiger partial charge is 0.380 e. The van der Waals surface area contributed by atoms with Crippen LogP contribution in [0, 0.1) is 11.3 Å². The number of aromatic nitrogens is 3. The lowest BCUT2D eigenvalue weighted by Gasteiger charge is -2.49. The Labute approximate surface area is 239 Å². The SMILES string of the molecule is N=C/C(=C\NC1(CN)CN(C(=O)NCC2CC2)C1)c1cnn2c(-c3cccc(NC(=O)NCC(F)(F)F)c3)cnc2c1. The molecule has 12 nitrogen and oxygen atoms in total. The summed E-state index contributed by atoms with van der Waals surface area (Å²) in [4.78, 5) is 30.3. The van der Waals surface area contributed by atoms with E-state index in [4.69, 9.17) is 11.1 Å². The highest BCUT2D eigenvalue weighted by atomic mass is 19.4. The van der Waals surface area contributed by atoms with Gasteiger partial charge in [-0.05, 0) is 37.0 Å². The van der Waals surface area contributed by atoms with Gasteiger partial charge >= 0.3 is 18.2 Å². The van der Waals surface area contributed by atoms with E-state index in [0.717, 1.165) is 12.8 Å². The summed E-state index contributed by atoms with van der Waals surface area (Å²) in [6.07, 6.45) is 3.85. The maximum absolute atomic E-state index is 12.4. The van der Waals surface area contributed by atoms with Crippen LogP contribution in [0.4, 0.5) is 28.4 Å². The van der Waals surface area contributed by atoms with Gasteiger partial charge in [-0.15, -0.1) is 0 Å². The molecule has 2 fully saturated rings. The molecule has 3 heterocycles. The fourth-order valence-corrected chi connectivity index (χ4v) is 4.55. The number of urea groups is 2. The van der Waals surface area contributed by atoms with Gasteiger partial charge in [0.2, 0.25) is 0 Å². The van der Waals surface area contributed by atoms with Crippen LogP contribution in [0.2, 0.25) is 0 Å². The lowest BCUT2D eigenvalue weighted by atomic mass is 9.90. The van der Waals surface area contributed by atoms with Crippen LogP contribution in [0.5, 0.6) is 0 Å². The molecule has 1 saturated heterocycles. The highest BCUT2D eigenvalue weighted by Gasteiger charge is 2.44. The normalized spacial score (nSPS) is 16.5. The number of nitrogens with one attached hydrogen (secondary N) is 5. The summed E-state index contributed by atoms with van der Waals surface area (Å²) in [5, 5.41) is 22.8. The number of alkyl halides is 3. The van der Waals surface area contributed by atoms with Crippen molar-refractivity contribution in [3.8, 4) is 11.3 Å². The molecule has 1 saturated carbocycles. The Morgan fingerprint density at radius 3 is 2.64 bits per heavy atom. The van der Waals surface area contributed by atoms with Gasteiger partial charge in [0, 0.05) is 61.0 Å². The number of nitrogens with two attached hydrogens (primary N) is 1. The fourth-order valence-electron chi connectivity index (χ4n) is 4.55. The van der Waals surface area contributed by atoms with Crippen LogP contribution < -0.4 is 27.0 Å². The average Bonchev–Trinajstić information content (AvgIpc) is 3.68. The van der Waals surface area contributed by atoms with Crippen molar-refractivity contribution in [1.29, 1.82) is 5.41 Å². The number of hydrogen-bond donors (Lipinski definition) is 6. The molecule has 7 N–H and O–H groups in total. The second kappa shape index (κ2) is 11.7. The third-order valence-electron chi connectivity index (χ3n) is 7.15. The molecule has 3 aromatic rings. The van der Waals surface area contributed by atoms with Gasteiger partial charge in [-0.3, -0.25) is 0 Å². The first-order valence-corrected chi connectivity index (χ1v) is 13.4. The van der Waals surface area contributed by atoms with Crippen LogP contribution >= 0.6 is 0 Å². The van der Waals surface area contributed by atoms with Crippen LogP contribution in [0.25, 0.3) is 22.5 Å². The second-order valence-electron chi connectivity index (χ2n) is 10.5. The number of benzene rings is 1.